The molecule has 0 saturated heterocycles. The summed E-state index contributed by atoms with van der Waals surface area (Å²) in [4.78, 5) is 31.7. The second-order valence-corrected chi connectivity index (χ2v) is 7.81. The monoisotopic (exact) mass is 406 g/mol. The lowest BCUT2D eigenvalue weighted by Crippen LogP contribution is -2.33. The average molecular weight is 407 g/mol. The van der Waals surface area contributed by atoms with E-state index < -0.39 is 0 Å². The van der Waals surface area contributed by atoms with E-state index in [1.165, 1.54) is 16.3 Å². The topological polar surface area (TPSA) is 79.0 Å². The molecule has 0 unspecified atom stereocenters. The predicted molar refractivity (Wildman–Crippen MR) is 116 cm³/mol. The molecule has 0 aliphatic heterocycles. The molecule has 1 amide bonds. The summed E-state index contributed by atoms with van der Waals surface area (Å²) in [7, 11) is 1.66. The van der Waals surface area contributed by atoms with E-state index in [1.54, 1.807) is 30.1 Å². The molecule has 0 spiro atoms. The van der Waals surface area contributed by atoms with Gasteiger partial charge in [0.1, 0.15) is 0 Å². The van der Waals surface area contributed by atoms with Crippen molar-refractivity contribution in [2.45, 2.75) is 25.4 Å². The molecular formula is C22H22N4O2S. The number of amides is 1. The Morgan fingerprint density at radius 2 is 1.90 bits per heavy atom. The number of carbonyl (C=O) groups is 1. The molecule has 0 aliphatic rings. The summed E-state index contributed by atoms with van der Waals surface area (Å²) in [5.74, 6) is -0.00511. The number of carbonyl (C=O) groups excluding carboxylic acids is 1. The van der Waals surface area contributed by atoms with Crippen molar-refractivity contribution >= 4 is 34.3 Å². The lowest BCUT2D eigenvalue weighted by molar-refractivity contribution is -0.116. The Hall–Kier alpha value is -3.11. The van der Waals surface area contributed by atoms with Gasteiger partial charge in [-0.15, -0.1) is 0 Å². The number of nitrogens with zero attached hydrogens (tertiary/aromatic N) is 4. The summed E-state index contributed by atoms with van der Waals surface area (Å²) >= 11 is 1.23. The van der Waals surface area contributed by atoms with Crippen molar-refractivity contribution in [1.82, 2.24) is 9.55 Å². The minimum Gasteiger partial charge on any atom is -0.311 e. The molecule has 0 bridgehead atoms. The Balaban J connectivity index is 1.85. The molecule has 0 fully saturated rings. The van der Waals surface area contributed by atoms with Gasteiger partial charge in [0, 0.05) is 19.3 Å². The number of hydrogen-bond donors (Lipinski definition) is 0. The molecule has 2 aromatic carbocycles. The van der Waals surface area contributed by atoms with Gasteiger partial charge in [-0.1, -0.05) is 30.0 Å². The van der Waals surface area contributed by atoms with Crippen LogP contribution in [0.3, 0.4) is 0 Å². The van der Waals surface area contributed by atoms with E-state index in [0.717, 1.165) is 16.8 Å². The molecule has 29 heavy (non-hydrogen) atoms. The maximum Gasteiger partial charge on any atom is 0.261 e. The van der Waals surface area contributed by atoms with Gasteiger partial charge in [-0.2, -0.15) is 5.26 Å². The molecule has 7 heteroatoms. The molecule has 0 N–H and O–H groups in total. The number of para-hydroxylation sites is 1. The van der Waals surface area contributed by atoms with Crippen LogP contribution in [0.1, 0.15) is 17.5 Å². The van der Waals surface area contributed by atoms with E-state index in [2.05, 4.69) is 11.1 Å². The van der Waals surface area contributed by atoms with Crippen molar-refractivity contribution in [3.05, 3.63) is 63.9 Å². The van der Waals surface area contributed by atoms with Crippen molar-refractivity contribution in [3.63, 3.8) is 0 Å². The molecule has 3 rings (SSSR count). The quantitative estimate of drug-likeness (QED) is 0.462. The van der Waals surface area contributed by atoms with E-state index in [1.807, 2.05) is 38.1 Å². The number of fused-ring (bicyclic) bond motifs is 1. The van der Waals surface area contributed by atoms with Crippen LogP contribution in [0.5, 0.6) is 0 Å². The molecule has 0 aliphatic carbocycles. The average Bonchev–Trinajstić information content (AvgIpc) is 2.69. The molecule has 1 heterocycles. The third-order valence-corrected chi connectivity index (χ3v) is 5.55. The van der Waals surface area contributed by atoms with Crippen LogP contribution in [-0.4, -0.2) is 27.8 Å². The lowest BCUT2D eigenvalue weighted by atomic mass is 10.1. The lowest BCUT2D eigenvalue weighted by Gasteiger charge is -2.23. The van der Waals surface area contributed by atoms with Crippen LogP contribution < -0.4 is 10.5 Å². The highest BCUT2D eigenvalue weighted by Gasteiger charge is 2.18. The van der Waals surface area contributed by atoms with Gasteiger partial charge in [0.25, 0.3) is 5.56 Å². The summed E-state index contributed by atoms with van der Waals surface area (Å²) < 4.78 is 1.47. The molecule has 0 radical (unpaired) electrons. The number of aromatic nitrogens is 2. The summed E-state index contributed by atoms with van der Waals surface area (Å²) in [5, 5.41) is 10.0. The fraction of sp³-hybridized carbons (Fsp3) is 0.273. The Labute approximate surface area is 173 Å². The van der Waals surface area contributed by atoms with Gasteiger partial charge in [-0.25, -0.2) is 4.98 Å². The van der Waals surface area contributed by atoms with E-state index in [-0.39, 0.29) is 23.6 Å². The third-order valence-electron chi connectivity index (χ3n) is 4.53. The highest BCUT2D eigenvalue weighted by molar-refractivity contribution is 7.99. The highest BCUT2D eigenvalue weighted by atomic mass is 32.2. The first-order valence-corrected chi connectivity index (χ1v) is 10.2. The molecule has 0 atom stereocenters. The zero-order valence-corrected chi connectivity index (χ0v) is 17.5. The Morgan fingerprint density at radius 1 is 1.21 bits per heavy atom. The minimum atomic E-state index is -0.138. The van der Waals surface area contributed by atoms with Gasteiger partial charge in [-0.05, 0) is 49.2 Å². The summed E-state index contributed by atoms with van der Waals surface area (Å²) in [5.41, 5.74) is 3.37. The van der Waals surface area contributed by atoms with E-state index in [0.29, 0.717) is 22.6 Å². The van der Waals surface area contributed by atoms with Crippen LogP contribution >= 0.6 is 11.8 Å². The first-order chi connectivity index (χ1) is 13.9. The van der Waals surface area contributed by atoms with E-state index in [4.69, 9.17) is 5.26 Å². The second-order valence-electron chi connectivity index (χ2n) is 6.86. The van der Waals surface area contributed by atoms with Gasteiger partial charge in [-0.3, -0.25) is 14.2 Å². The molecule has 3 aromatic rings. The van der Waals surface area contributed by atoms with Crippen LogP contribution in [0.4, 0.5) is 5.69 Å². The van der Waals surface area contributed by atoms with Crippen molar-refractivity contribution in [2.24, 2.45) is 7.05 Å². The van der Waals surface area contributed by atoms with Crippen LogP contribution in [0.25, 0.3) is 10.9 Å². The van der Waals surface area contributed by atoms with Gasteiger partial charge < -0.3 is 4.90 Å². The van der Waals surface area contributed by atoms with E-state index >= 15 is 0 Å². The SMILES string of the molecule is Cc1cc(C)cc(N(CCC#N)C(=O)CSc2nc3ccccc3c(=O)n2C)c1. The van der Waals surface area contributed by atoms with Crippen molar-refractivity contribution < 1.29 is 4.79 Å². The first-order valence-electron chi connectivity index (χ1n) is 9.25. The highest BCUT2D eigenvalue weighted by Crippen LogP contribution is 2.22. The van der Waals surface area contributed by atoms with Crippen molar-refractivity contribution in [1.29, 1.82) is 5.26 Å². The standard InChI is InChI=1S/C22H22N4O2S/c1-15-11-16(2)13-17(12-15)26(10-6-9-23)20(27)14-29-22-24-19-8-5-4-7-18(19)21(28)25(22)3/h4-5,7-8,11-13H,6,10,14H2,1-3H3. The molecule has 6 nitrogen and oxygen atoms in total. The second kappa shape index (κ2) is 8.93. The zero-order valence-electron chi connectivity index (χ0n) is 16.7. The van der Waals surface area contributed by atoms with Crippen LogP contribution in [0, 0.1) is 25.2 Å². The maximum absolute atomic E-state index is 13.0. The zero-order chi connectivity index (χ0) is 21.0. The molecule has 0 saturated carbocycles. The maximum atomic E-state index is 13.0. The van der Waals surface area contributed by atoms with Gasteiger partial charge in [0.05, 0.1) is 29.1 Å². The number of benzene rings is 2. The summed E-state index contributed by atoms with van der Waals surface area (Å²) in [6, 6.07) is 15.2. The van der Waals surface area contributed by atoms with Crippen LogP contribution in [0.15, 0.2) is 52.4 Å². The first kappa shape index (κ1) is 20.6. The number of nitriles is 1. The fourth-order valence-corrected chi connectivity index (χ4v) is 4.04. The number of hydrogen-bond acceptors (Lipinski definition) is 5. The predicted octanol–water partition coefficient (Wildman–Crippen LogP) is 3.59. The number of anilines is 1. The third kappa shape index (κ3) is 4.66. The van der Waals surface area contributed by atoms with E-state index in [9.17, 15) is 9.59 Å². The van der Waals surface area contributed by atoms with Gasteiger partial charge >= 0.3 is 0 Å². The van der Waals surface area contributed by atoms with Crippen LogP contribution in [0.2, 0.25) is 0 Å². The molecule has 1 aromatic heterocycles. The number of thioether (sulfide) groups is 1. The largest absolute Gasteiger partial charge is 0.311 e. The van der Waals surface area contributed by atoms with Gasteiger partial charge in [0.2, 0.25) is 5.91 Å². The van der Waals surface area contributed by atoms with Crippen molar-refractivity contribution in [3.8, 4) is 6.07 Å². The minimum absolute atomic E-state index is 0.122. The Morgan fingerprint density at radius 3 is 2.59 bits per heavy atom. The number of rotatable bonds is 6. The summed E-state index contributed by atoms with van der Waals surface area (Å²) in [6.07, 6.45) is 0.246. The normalized spacial score (nSPS) is 10.7. The fourth-order valence-electron chi connectivity index (χ4n) is 3.20. The van der Waals surface area contributed by atoms with Crippen molar-refractivity contribution in [2.75, 3.05) is 17.2 Å². The smallest absolute Gasteiger partial charge is 0.261 e. The molecule has 148 valence electrons. The number of aryl methyl sites for hydroxylation is 2. The Kier molecular flexibility index (Phi) is 6.35. The molecular weight excluding hydrogens is 384 g/mol. The summed E-state index contributed by atoms with van der Waals surface area (Å²) in [6.45, 7) is 4.28. The Bertz CT molecular complexity index is 1140. The van der Waals surface area contributed by atoms with Crippen LogP contribution in [-0.2, 0) is 11.8 Å². The van der Waals surface area contributed by atoms with Gasteiger partial charge in [0.15, 0.2) is 5.16 Å².